The Bertz CT molecular complexity index is 1920. The topological polar surface area (TPSA) is 212 Å². The number of ether oxygens (including phenoxy) is 1. The van der Waals surface area contributed by atoms with Crippen molar-refractivity contribution in [3.8, 4) is 0 Å². The number of esters is 1. The highest BCUT2D eigenvalue weighted by atomic mass is 16.5. The Morgan fingerprint density at radius 2 is 1.22 bits per heavy atom. The molecule has 0 spiro atoms. The minimum Gasteiger partial charge on any atom is -0.475 e. The number of anilines is 6. The molecule has 4 bridgehead atoms. The molecular weight excluding hydrogens is 636 g/mol. The van der Waals surface area contributed by atoms with E-state index in [1.807, 2.05) is 0 Å². The van der Waals surface area contributed by atoms with E-state index in [4.69, 9.17) is 5.11 Å². The number of hydrogen-bond donors (Lipinski definition) is 3. The van der Waals surface area contributed by atoms with Crippen LogP contribution in [0.2, 0.25) is 0 Å². The molecule has 4 aromatic heterocycles. The van der Waals surface area contributed by atoms with Crippen LogP contribution in [0.25, 0.3) is 0 Å². The average Bonchev–Trinajstić information content (AvgIpc) is 3.74. The third kappa shape index (κ3) is 6.06. The van der Waals surface area contributed by atoms with Crippen LogP contribution in [0.15, 0.2) is 61.2 Å². The van der Waals surface area contributed by atoms with E-state index in [1.165, 1.54) is 18.2 Å². The molecule has 2 atom stereocenters. The van der Waals surface area contributed by atoms with Crippen molar-refractivity contribution in [1.82, 2.24) is 29.9 Å². The van der Waals surface area contributed by atoms with Gasteiger partial charge in [-0.1, -0.05) is 12.1 Å². The SMILES string of the molecule is COC(=O)c1ncc2c(n1)N(C(=O)Nc1ccccn1)[C@H]1CCN2C1.O=C(O)c1ncc2c(n1)N(C(=O)Nc1ccccn1)[C@H]1CCN2C1. The summed E-state index contributed by atoms with van der Waals surface area (Å²) in [6, 6.07) is 9.71. The molecule has 4 aliphatic rings. The average molecular weight is 667 g/mol. The van der Waals surface area contributed by atoms with Gasteiger partial charge < -0.3 is 19.6 Å². The maximum Gasteiger partial charge on any atom is 0.376 e. The van der Waals surface area contributed by atoms with Crippen molar-refractivity contribution in [1.29, 1.82) is 0 Å². The molecule has 49 heavy (non-hydrogen) atoms. The first-order chi connectivity index (χ1) is 23.8. The number of carbonyl (C=O) groups excluding carboxylic acids is 3. The predicted octanol–water partition coefficient (Wildman–Crippen LogP) is 2.49. The van der Waals surface area contributed by atoms with E-state index < -0.39 is 11.9 Å². The molecule has 0 aromatic carbocycles. The van der Waals surface area contributed by atoms with Crippen LogP contribution in [0.4, 0.5) is 44.2 Å². The summed E-state index contributed by atoms with van der Waals surface area (Å²) in [5.74, 6) is -0.640. The van der Waals surface area contributed by atoms with Gasteiger partial charge in [0.1, 0.15) is 11.6 Å². The Balaban J connectivity index is 0.000000154. The Labute approximate surface area is 278 Å². The molecule has 8 rings (SSSR count). The van der Waals surface area contributed by atoms with Crippen LogP contribution in [0.5, 0.6) is 0 Å². The molecule has 18 nitrogen and oxygen atoms in total. The number of aromatic nitrogens is 6. The maximum absolute atomic E-state index is 12.8. The zero-order chi connectivity index (χ0) is 34.1. The standard InChI is InChI=1S/C16H16N6O3.C15H14N6O3/c1-25-15(23)13-18-8-11-14(20-13)22(10-5-7-21(11)9-10)16(24)19-12-4-2-3-6-17-12;22-14(23)12-17-7-10-13(19-12)21(9-4-6-20(10)8-9)15(24)18-11-3-1-2-5-16-11/h2-4,6,8,10H,5,7,9H2,1H3,(H,17,19,24);1-3,5,7,9H,4,6,8H2,(H,22,23)(H,16,18,24)/t10-;9-/m00/s1. The van der Waals surface area contributed by atoms with Crippen LogP contribution in [0.3, 0.4) is 0 Å². The Morgan fingerprint density at radius 3 is 1.67 bits per heavy atom. The first-order valence-electron chi connectivity index (χ1n) is 15.4. The van der Waals surface area contributed by atoms with Crippen LogP contribution in [0, 0.1) is 0 Å². The largest absolute Gasteiger partial charge is 0.475 e. The van der Waals surface area contributed by atoms with E-state index in [2.05, 4.69) is 55.1 Å². The lowest BCUT2D eigenvalue weighted by Crippen LogP contribution is -2.48. The molecule has 4 aliphatic heterocycles. The molecule has 0 aliphatic carbocycles. The summed E-state index contributed by atoms with van der Waals surface area (Å²) < 4.78 is 4.68. The van der Waals surface area contributed by atoms with Crippen molar-refractivity contribution in [2.24, 2.45) is 0 Å². The third-order valence-electron chi connectivity index (χ3n) is 8.49. The molecule has 18 heteroatoms. The number of carbonyl (C=O) groups is 4. The number of nitrogens with zero attached hydrogens (tertiary/aromatic N) is 10. The lowest BCUT2D eigenvalue weighted by atomic mass is 10.2. The van der Waals surface area contributed by atoms with Crippen molar-refractivity contribution in [2.45, 2.75) is 24.9 Å². The predicted molar refractivity (Wildman–Crippen MR) is 175 cm³/mol. The number of urea groups is 2. The van der Waals surface area contributed by atoms with Gasteiger partial charge in [-0.3, -0.25) is 20.4 Å². The second kappa shape index (κ2) is 13.0. The van der Waals surface area contributed by atoms with Crippen LogP contribution in [-0.4, -0.2) is 104 Å². The van der Waals surface area contributed by atoms with Crippen LogP contribution >= 0.6 is 0 Å². The fraction of sp³-hybridized carbons (Fsp3) is 0.290. The van der Waals surface area contributed by atoms with Gasteiger partial charge in [-0.2, -0.15) is 0 Å². The molecule has 0 unspecified atom stereocenters. The molecule has 2 fully saturated rings. The molecule has 0 saturated carbocycles. The summed E-state index contributed by atoms with van der Waals surface area (Å²) in [6.07, 6.45) is 7.83. The van der Waals surface area contributed by atoms with E-state index in [-0.39, 0.29) is 35.8 Å². The summed E-state index contributed by atoms with van der Waals surface area (Å²) in [5, 5.41) is 14.6. The van der Waals surface area contributed by atoms with Gasteiger partial charge in [0, 0.05) is 38.6 Å². The first kappa shape index (κ1) is 31.2. The normalized spacial score (nSPS) is 18.1. The monoisotopic (exact) mass is 666 g/mol. The molecule has 250 valence electrons. The minimum absolute atomic E-state index is 0.0170. The Kier molecular flexibility index (Phi) is 8.25. The summed E-state index contributed by atoms with van der Waals surface area (Å²) >= 11 is 0. The summed E-state index contributed by atoms with van der Waals surface area (Å²) in [7, 11) is 1.27. The second-order valence-corrected chi connectivity index (χ2v) is 11.4. The van der Waals surface area contributed by atoms with E-state index in [0.717, 1.165) is 31.6 Å². The molecule has 4 amide bonds. The van der Waals surface area contributed by atoms with Crippen LogP contribution in [-0.2, 0) is 4.74 Å². The van der Waals surface area contributed by atoms with Gasteiger partial charge in [0.25, 0.3) is 0 Å². The van der Waals surface area contributed by atoms with Gasteiger partial charge in [-0.15, -0.1) is 0 Å². The fourth-order valence-electron chi connectivity index (χ4n) is 6.25. The van der Waals surface area contributed by atoms with Gasteiger partial charge in [0.05, 0.1) is 43.0 Å². The first-order valence-corrected chi connectivity index (χ1v) is 15.4. The number of nitrogens with one attached hydrogen (secondary N) is 2. The number of pyridine rings is 2. The van der Waals surface area contributed by atoms with Crippen molar-refractivity contribution in [3.05, 3.63) is 72.8 Å². The molecule has 0 radical (unpaired) electrons. The highest BCUT2D eigenvalue weighted by Crippen LogP contribution is 2.39. The highest BCUT2D eigenvalue weighted by Gasteiger charge is 2.42. The molecular formula is C31H30N12O6. The number of fused-ring (bicyclic) bond motifs is 8. The number of carboxylic acid groups (broad SMARTS) is 1. The van der Waals surface area contributed by atoms with Crippen LogP contribution < -0.4 is 30.2 Å². The van der Waals surface area contributed by atoms with Crippen molar-refractivity contribution < 1.29 is 29.0 Å². The number of aromatic carboxylic acids is 1. The van der Waals surface area contributed by atoms with E-state index >= 15 is 0 Å². The van der Waals surface area contributed by atoms with Gasteiger partial charge in [0.2, 0.25) is 11.6 Å². The molecule has 3 N–H and O–H groups in total. The molecule has 2 saturated heterocycles. The van der Waals surface area contributed by atoms with E-state index in [1.54, 1.807) is 59.9 Å². The lowest BCUT2D eigenvalue weighted by Gasteiger charge is -2.35. The zero-order valence-corrected chi connectivity index (χ0v) is 26.1. The number of methoxy groups -OCH3 is 1. The molecule has 4 aromatic rings. The summed E-state index contributed by atoms with van der Waals surface area (Å²) in [6.45, 7) is 2.98. The number of amides is 4. The van der Waals surface area contributed by atoms with Crippen molar-refractivity contribution >= 4 is 58.6 Å². The third-order valence-corrected chi connectivity index (χ3v) is 8.49. The van der Waals surface area contributed by atoms with Crippen molar-refractivity contribution in [3.63, 3.8) is 0 Å². The summed E-state index contributed by atoms with van der Waals surface area (Å²) in [5.41, 5.74) is 1.41. The lowest BCUT2D eigenvalue weighted by molar-refractivity contribution is 0.0585. The fourth-order valence-corrected chi connectivity index (χ4v) is 6.25. The Morgan fingerprint density at radius 1 is 0.735 bits per heavy atom. The summed E-state index contributed by atoms with van der Waals surface area (Å²) in [4.78, 5) is 80.3. The highest BCUT2D eigenvalue weighted by molar-refractivity contribution is 6.05. The maximum atomic E-state index is 12.8. The van der Waals surface area contributed by atoms with Crippen LogP contribution in [0.1, 0.15) is 34.1 Å². The Hall–Kier alpha value is -6.46. The minimum atomic E-state index is -1.23. The second-order valence-electron chi connectivity index (χ2n) is 11.4. The van der Waals surface area contributed by atoms with E-state index in [0.29, 0.717) is 42.0 Å². The van der Waals surface area contributed by atoms with Gasteiger partial charge in [0.15, 0.2) is 11.6 Å². The van der Waals surface area contributed by atoms with Gasteiger partial charge >= 0.3 is 24.0 Å². The van der Waals surface area contributed by atoms with Crippen molar-refractivity contribution in [2.75, 3.05) is 63.5 Å². The number of hydrogen-bond acceptors (Lipinski definition) is 13. The van der Waals surface area contributed by atoms with E-state index in [9.17, 15) is 19.2 Å². The smallest absolute Gasteiger partial charge is 0.376 e. The quantitative estimate of drug-likeness (QED) is 0.267. The number of carboxylic acids is 1. The van der Waals surface area contributed by atoms with Gasteiger partial charge in [-0.25, -0.2) is 49.1 Å². The van der Waals surface area contributed by atoms with Gasteiger partial charge in [-0.05, 0) is 37.1 Å². The molecule has 8 heterocycles. The number of rotatable bonds is 4. The zero-order valence-electron chi connectivity index (χ0n) is 26.1.